The van der Waals surface area contributed by atoms with Gasteiger partial charge in [-0.3, -0.25) is 32.5 Å². The van der Waals surface area contributed by atoms with Crippen molar-refractivity contribution >= 4 is 69.1 Å². The van der Waals surface area contributed by atoms with E-state index in [1.165, 1.54) is 13.8 Å². The van der Waals surface area contributed by atoms with E-state index in [1.807, 2.05) is 18.2 Å². The van der Waals surface area contributed by atoms with Gasteiger partial charge in [0, 0.05) is 37.1 Å². The number of nitrogens with zero attached hydrogens (tertiary/aromatic N) is 4. The summed E-state index contributed by atoms with van der Waals surface area (Å²) < 4.78 is 62.2. The lowest BCUT2D eigenvalue weighted by Gasteiger charge is -2.30. The van der Waals surface area contributed by atoms with Gasteiger partial charge in [-0.25, -0.2) is 28.6 Å². The minimum absolute atomic E-state index is 0.0252. The number of carbonyl (C=O) groups excluding carboxylic acids is 3. The van der Waals surface area contributed by atoms with E-state index in [9.17, 15) is 63.0 Å². The fourth-order valence-corrected chi connectivity index (χ4v) is 9.01. The van der Waals surface area contributed by atoms with Gasteiger partial charge in [0.05, 0.1) is 25.6 Å². The molecule has 11 N–H and O–H groups in total. The van der Waals surface area contributed by atoms with Gasteiger partial charge in [0.25, 0.3) is 0 Å². The number of aromatic nitrogens is 4. The monoisotopic (exact) mass is 961 g/mol. The van der Waals surface area contributed by atoms with Gasteiger partial charge in [-0.2, -0.15) is 4.31 Å². The molecule has 2 amide bonds. The van der Waals surface area contributed by atoms with E-state index in [0.29, 0.717) is 6.42 Å². The zero-order chi connectivity index (χ0) is 46.3. The van der Waals surface area contributed by atoms with Crippen LogP contribution in [0.5, 0.6) is 0 Å². The lowest BCUT2D eigenvalue weighted by atomic mass is 9.87. The van der Waals surface area contributed by atoms with Gasteiger partial charge in [0.2, 0.25) is 11.8 Å². The quantitative estimate of drug-likeness (QED) is 0.0340. The zero-order valence-corrected chi connectivity index (χ0v) is 37.4. The number of unbranched alkanes of at least 4 members (excludes halogenated alkanes) is 2. The largest absolute Gasteiger partial charge is 0.481 e. The van der Waals surface area contributed by atoms with Crippen LogP contribution in [-0.4, -0.2) is 134 Å². The minimum atomic E-state index is -5.59. The zero-order valence-electron chi connectivity index (χ0n) is 33.9. The summed E-state index contributed by atoms with van der Waals surface area (Å²) in [5.74, 6) is -1.28. The van der Waals surface area contributed by atoms with Crippen LogP contribution < -0.4 is 16.4 Å². The highest BCUT2D eigenvalue weighted by Gasteiger charge is 2.50. The van der Waals surface area contributed by atoms with Crippen LogP contribution in [0.4, 0.5) is 5.82 Å². The molecule has 2 aromatic heterocycles. The van der Waals surface area contributed by atoms with Gasteiger partial charge >= 0.3 is 23.5 Å². The number of thioether (sulfide) groups is 1. The van der Waals surface area contributed by atoms with Crippen molar-refractivity contribution in [2.75, 3.05) is 37.8 Å². The van der Waals surface area contributed by atoms with Gasteiger partial charge in [-0.05, 0) is 12.8 Å². The van der Waals surface area contributed by atoms with E-state index in [0.717, 1.165) is 48.2 Å². The third kappa shape index (κ3) is 17.9. The van der Waals surface area contributed by atoms with E-state index in [2.05, 4.69) is 41.3 Å². The van der Waals surface area contributed by atoms with Crippen molar-refractivity contribution in [3.05, 3.63) is 37.0 Å². The fourth-order valence-electron chi connectivity index (χ4n) is 5.44. The predicted molar refractivity (Wildman–Crippen MR) is 220 cm³/mol. The number of aliphatic hydroxyl groups excluding tert-OH is 3. The molecule has 8 atom stereocenters. The molecular weight excluding hydrogens is 907 g/mol. The molecule has 0 bridgehead atoms. The number of hydrogen-bond acceptors (Lipinski definition) is 19. The number of rotatable bonds is 27. The van der Waals surface area contributed by atoms with E-state index < -0.39 is 90.7 Å². The standard InChI is InChI=1S/C33H54N7O18P3S/c1-4-5-6-7-8-9-10-11-21(41)16-24(43)62-15-14-35-23(42)12-13-36-31(46)28(45)33(2,3)18-55-61(52,53)58-60(50,51)54-17-22-27(57-59(47,48)49)26(44)32(56-22)40-20-39-25-29(34)37-19-38-30(25)40/h7-10,19-22,26-28,32,41,44-45H,4-6,11-18H2,1-3H3,(H,35,42)(H,36,46)(H,50,51)(H,52,53)(H2,34,37,38)(H2,47,48,49)/b8-7+,10-9+. The Hall–Kier alpha value is -3.00. The number of imidazole rings is 1. The van der Waals surface area contributed by atoms with Crippen LogP contribution in [0.2, 0.25) is 0 Å². The van der Waals surface area contributed by atoms with Gasteiger partial charge < -0.3 is 56.0 Å². The Morgan fingerprint density at radius 1 is 1.03 bits per heavy atom. The molecule has 3 rings (SSSR count). The van der Waals surface area contributed by atoms with Crippen molar-refractivity contribution in [1.82, 2.24) is 30.2 Å². The maximum absolute atomic E-state index is 12.7. The van der Waals surface area contributed by atoms with E-state index in [-0.39, 0.29) is 53.8 Å². The predicted octanol–water partition coefficient (Wildman–Crippen LogP) is 1.11. The first-order chi connectivity index (χ1) is 28.9. The van der Waals surface area contributed by atoms with Crippen LogP contribution in [0.25, 0.3) is 11.2 Å². The normalized spacial score (nSPS) is 21.5. The third-order valence-electron chi connectivity index (χ3n) is 8.68. The van der Waals surface area contributed by atoms with Gasteiger partial charge in [-0.15, -0.1) is 0 Å². The molecule has 1 saturated heterocycles. The number of nitrogen functional groups attached to an aromatic ring is 1. The SMILES string of the molecule is CCCC/C=C/C=C/CC(O)CC(=O)SCCNC(=O)CCNC(=O)C(O)C(C)(C)COP(=O)(O)OP(=O)(O)OCC1OC(n2cnc3c(N)ncnc32)C(O)C1OP(=O)(O)O. The lowest BCUT2D eigenvalue weighted by molar-refractivity contribution is -0.137. The highest BCUT2D eigenvalue weighted by Crippen LogP contribution is 2.61. The number of carbonyl (C=O) groups is 3. The number of anilines is 1. The Morgan fingerprint density at radius 2 is 1.73 bits per heavy atom. The molecule has 1 aliphatic rings. The maximum atomic E-state index is 12.7. The van der Waals surface area contributed by atoms with Crippen molar-refractivity contribution in [3.8, 4) is 0 Å². The van der Waals surface area contributed by atoms with Crippen molar-refractivity contribution in [2.24, 2.45) is 5.41 Å². The summed E-state index contributed by atoms with van der Waals surface area (Å²) in [4.78, 5) is 88.0. The van der Waals surface area contributed by atoms with E-state index in [4.69, 9.17) is 19.5 Å². The summed E-state index contributed by atoms with van der Waals surface area (Å²) in [5, 5.41) is 36.2. The number of phosphoric ester groups is 3. The molecule has 8 unspecified atom stereocenters. The molecule has 0 aliphatic carbocycles. The maximum Gasteiger partial charge on any atom is 0.481 e. The second kappa shape index (κ2) is 24.3. The Bertz CT molecular complexity index is 2020. The molecule has 62 heavy (non-hydrogen) atoms. The molecule has 3 heterocycles. The summed E-state index contributed by atoms with van der Waals surface area (Å²) >= 11 is 0.953. The number of allylic oxidation sites excluding steroid dienone is 3. The summed E-state index contributed by atoms with van der Waals surface area (Å²) in [5.41, 5.74) is 4.24. The molecule has 1 fully saturated rings. The summed E-state index contributed by atoms with van der Waals surface area (Å²) in [6.45, 7) is 2.45. The smallest absolute Gasteiger partial charge is 0.392 e. The van der Waals surface area contributed by atoms with Crippen molar-refractivity contribution in [2.45, 2.75) is 96.0 Å². The number of phosphoric acid groups is 3. The Labute approximate surface area is 360 Å². The van der Waals surface area contributed by atoms with Crippen LogP contribution in [-0.2, 0) is 50.7 Å². The Kier molecular flexibility index (Phi) is 20.9. The van der Waals surface area contributed by atoms with Crippen LogP contribution in [0.3, 0.4) is 0 Å². The number of fused-ring (bicyclic) bond motifs is 1. The third-order valence-corrected chi connectivity index (χ3v) is 12.7. The topological polar surface area (TPSA) is 384 Å². The summed E-state index contributed by atoms with van der Waals surface area (Å²) in [6.07, 6.45) is 3.15. The summed E-state index contributed by atoms with van der Waals surface area (Å²) in [7, 11) is -16.4. The number of amides is 2. The van der Waals surface area contributed by atoms with Gasteiger partial charge in [-0.1, -0.05) is 69.7 Å². The van der Waals surface area contributed by atoms with Crippen LogP contribution in [0.15, 0.2) is 37.0 Å². The van der Waals surface area contributed by atoms with E-state index >= 15 is 0 Å². The molecule has 0 saturated carbocycles. The molecule has 29 heteroatoms. The average Bonchev–Trinajstić information content (AvgIpc) is 3.74. The van der Waals surface area contributed by atoms with Crippen LogP contribution in [0, 0.1) is 5.41 Å². The second-order valence-corrected chi connectivity index (χ2v) is 19.8. The molecule has 0 radical (unpaired) electrons. The molecular formula is C33H54N7O18P3S. The summed E-state index contributed by atoms with van der Waals surface area (Å²) in [6, 6.07) is 0. The number of ether oxygens (including phenoxy) is 1. The average molecular weight is 962 g/mol. The molecule has 0 spiro atoms. The van der Waals surface area contributed by atoms with Crippen molar-refractivity contribution in [3.63, 3.8) is 0 Å². The molecule has 25 nitrogen and oxygen atoms in total. The van der Waals surface area contributed by atoms with Crippen LogP contribution in [0.1, 0.15) is 65.5 Å². The first kappa shape index (κ1) is 53.3. The van der Waals surface area contributed by atoms with Gasteiger partial charge in [0.15, 0.2) is 22.8 Å². The Balaban J connectivity index is 1.41. The van der Waals surface area contributed by atoms with Crippen molar-refractivity contribution < 1.29 is 85.6 Å². The first-order valence-corrected chi connectivity index (χ1v) is 24.5. The first-order valence-electron chi connectivity index (χ1n) is 19.0. The highest BCUT2D eigenvalue weighted by atomic mass is 32.2. The van der Waals surface area contributed by atoms with E-state index in [1.54, 1.807) is 6.08 Å². The Morgan fingerprint density at radius 3 is 2.42 bits per heavy atom. The lowest BCUT2D eigenvalue weighted by Crippen LogP contribution is -2.46. The number of nitrogens with two attached hydrogens (primary N) is 1. The minimum Gasteiger partial charge on any atom is -0.392 e. The van der Waals surface area contributed by atoms with Crippen LogP contribution >= 0.6 is 35.2 Å². The highest BCUT2D eigenvalue weighted by molar-refractivity contribution is 8.13. The molecule has 350 valence electrons. The number of nitrogens with one attached hydrogen (secondary N) is 2. The van der Waals surface area contributed by atoms with Crippen molar-refractivity contribution in [1.29, 1.82) is 0 Å². The molecule has 2 aromatic rings. The second-order valence-electron chi connectivity index (χ2n) is 14.4. The molecule has 1 aliphatic heterocycles. The number of hydrogen-bond donors (Lipinski definition) is 10. The van der Waals surface area contributed by atoms with Gasteiger partial charge in [0.1, 0.15) is 36.3 Å². The fraction of sp³-hybridized carbons (Fsp3) is 0.636. The molecule has 0 aromatic carbocycles. The number of aliphatic hydroxyl groups is 3.